The van der Waals surface area contributed by atoms with E-state index in [9.17, 15) is 13.2 Å². The highest BCUT2D eigenvalue weighted by molar-refractivity contribution is 9.10. The standard InChI is InChI=1S/C22H21BrClNO5S/c1-31(27,28)30-8-2-7-25-12-19(18-5-3-16(23)11-20(18)25)22(26)15-9-14-10-17(24)4-6-21(14)29-13-15/h3-6,10-12,15H,2,7-9,13H2,1H3/t15-/m0/s1. The predicted molar refractivity (Wildman–Crippen MR) is 124 cm³/mol. The van der Waals surface area contributed by atoms with Gasteiger partial charge in [-0.15, -0.1) is 0 Å². The Morgan fingerprint density at radius 2 is 2.10 bits per heavy atom. The fourth-order valence-electron chi connectivity index (χ4n) is 3.84. The minimum atomic E-state index is -3.47. The van der Waals surface area contributed by atoms with Crippen molar-refractivity contribution in [3.63, 3.8) is 0 Å². The van der Waals surface area contributed by atoms with E-state index >= 15 is 0 Å². The van der Waals surface area contributed by atoms with Gasteiger partial charge in [0.2, 0.25) is 0 Å². The van der Waals surface area contributed by atoms with E-state index in [-0.39, 0.29) is 18.3 Å². The second-order valence-corrected chi connectivity index (χ2v) is 10.6. The lowest BCUT2D eigenvalue weighted by Crippen LogP contribution is -2.28. The third-order valence-electron chi connectivity index (χ3n) is 5.25. The molecular formula is C22H21BrClNO5S. The molecule has 9 heteroatoms. The molecule has 0 fully saturated rings. The first-order valence-corrected chi connectivity index (χ1v) is 12.8. The molecule has 6 nitrogen and oxygen atoms in total. The van der Waals surface area contributed by atoms with E-state index in [4.69, 9.17) is 20.5 Å². The first kappa shape index (κ1) is 22.3. The van der Waals surface area contributed by atoms with E-state index < -0.39 is 10.1 Å². The van der Waals surface area contributed by atoms with Gasteiger partial charge in [0.1, 0.15) is 5.75 Å². The van der Waals surface area contributed by atoms with E-state index in [1.165, 1.54) is 0 Å². The summed E-state index contributed by atoms with van der Waals surface area (Å²) in [6, 6.07) is 11.2. The summed E-state index contributed by atoms with van der Waals surface area (Å²) in [5, 5.41) is 1.47. The van der Waals surface area contributed by atoms with Crippen molar-refractivity contribution in [1.82, 2.24) is 4.57 Å². The van der Waals surface area contributed by atoms with Crippen LogP contribution >= 0.6 is 27.5 Å². The molecule has 0 saturated carbocycles. The molecule has 0 aliphatic carbocycles. The molecule has 4 rings (SSSR count). The number of carbonyl (C=O) groups excluding carboxylic acids is 1. The monoisotopic (exact) mass is 525 g/mol. The number of halogens is 2. The molecule has 0 radical (unpaired) electrons. The van der Waals surface area contributed by atoms with Gasteiger partial charge < -0.3 is 9.30 Å². The number of hydrogen-bond donors (Lipinski definition) is 0. The van der Waals surface area contributed by atoms with E-state index in [0.717, 1.165) is 32.9 Å². The van der Waals surface area contributed by atoms with Gasteiger partial charge in [0, 0.05) is 38.7 Å². The number of fused-ring (bicyclic) bond motifs is 2. The maximum atomic E-state index is 13.4. The minimum absolute atomic E-state index is 0.0177. The number of hydrogen-bond acceptors (Lipinski definition) is 5. The van der Waals surface area contributed by atoms with Crippen LogP contribution in [0.4, 0.5) is 0 Å². The third kappa shape index (κ3) is 5.14. The van der Waals surface area contributed by atoms with Crippen LogP contribution < -0.4 is 4.74 Å². The molecule has 1 aliphatic rings. The van der Waals surface area contributed by atoms with Gasteiger partial charge in [0.25, 0.3) is 10.1 Å². The average Bonchev–Trinajstić information content (AvgIpc) is 3.07. The van der Waals surface area contributed by atoms with Crippen LogP contribution in [0.2, 0.25) is 5.02 Å². The molecule has 1 aliphatic heterocycles. The van der Waals surface area contributed by atoms with Gasteiger partial charge in [0.05, 0.1) is 25.4 Å². The second-order valence-electron chi connectivity index (χ2n) is 7.61. The van der Waals surface area contributed by atoms with Crippen LogP contribution in [-0.2, 0) is 27.3 Å². The third-order valence-corrected chi connectivity index (χ3v) is 6.57. The highest BCUT2D eigenvalue weighted by Gasteiger charge is 2.29. The van der Waals surface area contributed by atoms with E-state index in [1.807, 2.05) is 41.1 Å². The van der Waals surface area contributed by atoms with E-state index in [1.54, 1.807) is 6.07 Å². The van der Waals surface area contributed by atoms with Crippen LogP contribution in [0.15, 0.2) is 47.1 Å². The highest BCUT2D eigenvalue weighted by atomic mass is 79.9. The molecule has 31 heavy (non-hydrogen) atoms. The number of Topliss-reactive ketones (excluding diaryl/α,β-unsaturated/α-hetero) is 1. The first-order chi connectivity index (χ1) is 14.7. The lowest BCUT2D eigenvalue weighted by Gasteiger charge is -2.24. The van der Waals surface area contributed by atoms with Gasteiger partial charge in [-0.1, -0.05) is 33.6 Å². The van der Waals surface area contributed by atoms with Crippen molar-refractivity contribution in [3.8, 4) is 5.75 Å². The minimum Gasteiger partial charge on any atom is -0.493 e. The summed E-state index contributed by atoms with van der Waals surface area (Å²) in [5.41, 5.74) is 2.46. The SMILES string of the molecule is CS(=O)(=O)OCCCn1cc(C(=O)[C@@H]2COc3ccc(Cl)cc3C2)c2ccc(Br)cc21. The molecule has 1 aromatic heterocycles. The molecule has 2 heterocycles. The van der Waals surface area contributed by atoms with Gasteiger partial charge in [0.15, 0.2) is 5.78 Å². The molecule has 0 amide bonds. The number of ether oxygens (including phenoxy) is 1. The summed E-state index contributed by atoms with van der Waals surface area (Å²) in [4.78, 5) is 13.4. The van der Waals surface area contributed by atoms with Gasteiger partial charge in [-0.25, -0.2) is 0 Å². The summed E-state index contributed by atoms with van der Waals surface area (Å²) in [6.07, 6.45) is 3.94. The fraction of sp³-hybridized carbons (Fsp3) is 0.318. The maximum Gasteiger partial charge on any atom is 0.264 e. The lowest BCUT2D eigenvalue weighted by atomic mass is 9.89. The van der Waals surface area contributed by atoms with Crippen molar-refractivity contribution in [1.29, 1.82) is 0 Å². The average molecular weight is 527 g/mol. The van der Waals surface area contributed by atoms with Crippen molar-refractivity contribution in [2.24, 2.45) is 5.92 Å². The Balaban J connectivity index is 1.59. The Morgan fingerprint density at radius 3 is 2.87 bits per heavy atom. The van der Waals surface area contributed by atoms with Crippen molar-refractivity contribution in [2.75, 3.05) is 19.5 Å². The van der Waals surface area contributed by atoms with Crippen molar-refractivity contribution in [2.45, 2.75) is 19.4 Å². The Bertz CT molecular complexity index is 1250. The van der Waals surface area contributed by atoms with E-state index in [0.29, 0.717) is 36.6 Å². The van der Waals surface area contributed by atoms with Crippen LogP contribution in [-0.4, -0.2) is 38.2 Å². The molecule has 0 saturated heterocycles. The lowest BCUT2D eigenvalue weighted by molar-refractivity contribution is 0.0856. The largest absolute Gasteiger partial charge is 0.493 e. The Labute approximate surface area is 194 Å². The van der Waals surface area contributed by atoms with Crippen molar-refractivity contribution < 1.29 is 22.1 Å². The fourth-order valence-corrected chi connectivity index (χ4v) is 4.81. The van der Waals surface area contributed by atoms with Crippen LogP contribution in [0.3, 0.4) is 0 Å². The Hall–Kier alpha value is -1.87. The second kappa shape index (κ2) is 8.94. The number of carbonyl (C=O) groups is 1. The van der Waals surface area contributed by atoms with Crippen molar-refractivity contribution >= 4 is 54.3 Å². The zero-order valence-electron chi connectivity index (χ0n) is 16.8. The number of ketones is 1. The van der Waals surface area contributed by atoms with Crippen LogP contribution in [0.5, 0.6) is 5.75 Å². The topological polar surface area (TPSA) is 74.6 Å². The molecule has 0 N–H and O–H groups in total. The van der Waals surface area contributed by atoms with Crippen LogP contribution in [0.1, 0.15) is 22.3 Å². The molecular weight excluding hydrogens is 506 g/mol. The molecule has 2 aromatic carbocycles. The number of nitrogens with zero attached hydrogens (tertiary/aromatic N) is 1. The zero-order chi connectivity index (χ0) is 22.2. The summed E-state index contributed by atoms with van der Waals surface area (Å²) in [6.45, 7) is 0.929. The maximum absolute atomic E-state index is 13.4. The number of benzene rings is 2. The Morgan fingerprint density at radius 1 is 1.29 bits per heavy atom. The first-order valence-electron chi connectivity index (χ1n) is 9.79. The van der Waals surface area contributed by atoms with Gasteiger partial charge >= 0.3 is 0 Å². The number of aromatic nitrogens is 1. The Kier molecular flexibility index (Phi) is 6.44. The smallest absolute Gasteiger partial charge is 0.264 e. The molecule has 164 valence electrons. The molecule has 1 atom stereocenters. The van der Waals surface area contributed by atoms with Gasteiger partial charge in [-0.3, -0.25) is 8.98 Å². The summed E-state index contributed by atoms with van der Waals surface area (Å²) in [5.74, 6) is 0.483. The molecule has 3 aromatic rings. The molecule has 0 unspecified atom stereocenters. The molecule has 0 bridgehead atoms. The summed E-state index contributed by atoms with van der Waals surface area (Å²) < 4.78 is 35.9. The normalized spacial score (nSPS) is 16.2. The van der Waals surface area contributed by atoms with Crippen LogP contribution in [0, 0.1) is 5.92 Å². The highest BCUT2D eigenvalue weighted by Crippen LogP contribution is 2.33. The molecule has 0 spiro atoms. The number of rotatable bonds is 7. The predicted octanol–water partition coefficient (Wildman–Crippen LogP) is 4.86. The number of aryl methyl sites for hydroxylation is 1. The summed E-state index contributed by atoms with van der Waals surface area (Å²) >= 11 is 9.60. The van der Waals surface area contributed by atoms with Gasteiger partial charge in [-0.2, -0.15) is 8.42 Å². The van der Waals surface area contributed by atoms with Gasteiger partial charge in [-0.05, 0) is 48.7 Å². The zero-order valence-corrected chi connectivity index (χ0v) is 20.0. The van der Waals surface area contributed by atoms with Crippen molar-refractivity contribution in [3.05, 3.63) is 63.2 Å². The quantitative estimate of drug-likeness (QED) is 0.250. The van der Waals surface area contributed by atoms with Crippen LogP contribution in [0.25, 0.3) is 10.9 Å². The summed E-state index contributed by atoms with van der Waals surface area (Å²) in [7, 11) is -3.47. The van der Waals surface area contributed by atoms with E-state index in [2.05, 4.69) is 15.9 Å².